The molecule has 0 spiro atoms. The topological polar surface area (TPSA) is 172 Å². The maximum absolute atomic E-state index is 11.6. The minimum absolute atomic E-state index is 0.244. The summed E-state index contributed by atoms with van der Waals surface area (Å²) in [5, 5.41) is 47.1. The zero-order valence-electron chi connectivity index (χ0n) is 13.8. The van der Waals surface area contributed by atoms with Gasteiger partial charge in [-0.25, -0.2) is 9.59 Å². The van der Waals surface area contributed by atoms with E-state index < -0.39 is 61.5 Å². The molecular formula is C14H24O11. The van der Waals surface area contributed by atoms with Gasteiger partial charge in [0.25, 0.3) is 0 Å². The van der Waals surface area contributed by atoms with Gasteiger partial charge in [-0.3, -0.25) is 0 Å². The summed E-state index contributed by atoms with van der Waals surface area (Å²) in [7, 11) is 0. The number of carbonyl (C=O) groups is 2. The van der Waals surface area contributed by atoms with Crippen LogP contribution in [-0.2, 0) is 28.5 Å². The summed E-state index contributed by atoms with van der Waals surface area (Å²) < 4.78 is 19.4. The van der Waals surface area contributed by atoms with Gasteiger partial charge >= 0.3 is 11.9 Å². The van der Waals surface area contributed by atoms with Crippen molar-refractivity contribution in [2.75, 3.05) is 19.8 Å². The van der Waals surface area contributed by atoms with Crippen LogP contribution in [0.3, 0.4) is 0 Å². The number of hydrogen-bond acceptors (Lipinski definition) is 11. The smallest absolute Gasteiger partial charge is 0.347 e. The zero-order chi connectivity index (χ0) is 19.1. The average Bonchev–Trinajstić information content (AvgIpc) is 2.56. The number of ether oxygens (including phenoxy) is 4. The molecule has 1 heterocycles. The van der Waals surface area contributed by atoms with Crippen molar-refractivity contribution in [3.05, 3.63) is 0 Å². The summed E-state index contributed by atoms with van der Waals surface area (Å²) in [5.41, 5.74) is 0. The molecule has 0 aromatic rings. The maximum Gasteiger partial charge on any atom is 0.347 e. The highest BCUT2D eigenvalue weighted by molar-refractivity contribution is 5.80. The third kappa shape index (κ3) is 6.15. The highest BCUT2D eigenvalue weighted by atomic mass is 16.7. The van der Waals surface area contributed by atoms with E-state index in [4.69, 9.17) is 24.4 Å². The van der Waals surface area contributed by atoms with Gasteiger partial charge in [0, 0.05) is 0 Å². The lowest BCUT2D eigenvalue weighted by molar-refractivity contribution is -0.295. The molecule has 0 radical (unpaired) electrons. The Balaban J connectivity index is 2.38. The van der Waals surface area contributed by atoms with Crippen molar-refractivity contribution in [1.29, 1.82) is 0 Å². The average molecular weight is 368 g/mol. The Labute approximate surface area is 143 Å². The Morgan fingerprint density at radius 3 is 2.28 bits per heavy atom. The van der Waals surface area contributed by atoms with E-state index in [1.807, 2.05) is 0 Å². The fourth-order valence-corrected chi connectivity index (χ4v) is 2.03. The van der Waals surface area contributed by atoms with Crippen LogP contribution in [-0.4, -0.2) is 100 Å². The molecule has 1 aliphatic heterocycles. The SMILES string of the molecule is CC(O)C(=O)OC(C)C(=O)OCCOC1C(O)[C@H](O)OC(CO)[C@H]1O. The van der Waals surface area contributed by atoms with E-state index >= 15 is 0 Å². The van der Waals surface area contributed by atoms with E-state index in [0.29, 0.717) is 0 Å². The van der Waals surface area contributed by atoms with Crippen LogP contribution in [0, 0.1) is 0 Å². The first-order chi connectivity index (χ1) is 11.7. The van der Waals surface area contributed by atoms with E-state index in [1.54, 1.807) is 0 Å². The van der Waals surface area contributed by atoms with Crippen molar-refractivity contribution in [2.45, 2.75) is 56.8 Å². The first-order valence-corrected chi connectivity index (χ1v) is 7.66. The van der Waals surface area contributed by atoms with Crippen LogP contribution in [0.5, 0.6) is 0 Å². The number of esters is 2. The van der Waals surface area contributed by atoms with Crippen LogP contribution in [0.4, 0.5) is 0 Å². The third-order valence-corrected chi connectivity index (χ3v) is 3.44. The molecule has 5 N–H and O–H groups in total. The summed E-state index contributed by atoms with van der Waals surface area (Å²) in [6.07, 6.45) is -9.60. The second kappa shape index (κ2) is 9.97. The second-order valence-electron chi connectivity index (χ2n) is 5.49. The van der Waals surface area contributed by atoms with Crippen LogP contribution in [0.15, 0.2) is 0 Å². The molecule has 11 heteroatoms. The van der Waals surface area contributed by atoms with Crippen LogP contribution in [0.1, 0.15) is 13.8 Å². The summed E-state index contributed by atoms with van der Waals surface area (Å²) in [6, 6.07) is 0. The predicted molar refractivity (Wildman–Crippen MR) is 77.9 cm³/mol. The molecule has 7 atom stereocenters. The highest BCUT2D eigenvalue weighted by Gasteiger charge is 2.44. The zero-order valence-corrected chi connectivity index (χ0v) is 13.8. The minimum atomic E-state index is -1.65. The van der Waals surface area contributed by atoms with Gasteiger partial charge in [0.2, 0.25) is 0 Å². The summed E-state index contributed by atoms with van der Waals surface area (Å²) in [4.78, 5) is 22.7. The Kier molecular flexibility index (Phi) is 8.65. The van der Waals surface area contributed by atoms with Gasteiger partial charge < -0.3 is 44.5 Å². The number of aliphatic hydroxyl groups excluding tert-OH is 5. The highest BCUT2D eigenvalue weighted by Crippen LogP contribution is 2.22. The largest absolute Gasteiger partial charge is 0.461 e. The van der Waals surface area contributed by atoms with Gasteiger partial charge in [0.05, 0.1) is 13.2 Å². The first kappa shape index (κ1) is 21.7. The number of carbonyl (C=O) groups excluding carboxylic acids is 2. The van der Waals surface area contributed by atoms with Crippen LogP contribution in [0.2, 0.25) is 0 Å². The van der Waals surface area contributed by atoms with E-state index in [2.05, 4.69) is 4.74 Å². The number of aliphatic hydroxyl groups is 5. The van der Waals surface area contributed by atoms with E-state index in [9.17, 15) is 24.9 Å². The fourth-order valence-electron chi connectivity index (χ4n) is 2.03. The molecule has 1 fully saturated rings. The molecule has 0 saturated carbocycles. The van der Waals surface area contributed by atoms with Crippen molar-refractivity contribution in [1.82, 2.24) is 0 Å². The number of hydrogen-bond donors (Lipinski definition) is 5. The second-order valence-corrected chi connectivity index (χ2v) is 5.49. The lowest BCUT2D eigenvalue weighted by Crippen LogP contribution is -2.59. The number of rotatable bonds is 8. The molecular weight excluding hydrogens is 344 g/mol. The third-order valence-electron chi connectivity index (χ3n) is 3.44. The Bertz CT molecular complexity index is 440. The quantitative estimate of drug-likeness (QED) is 0.214. The van der Waals surface area contributed by atoms with Gasteiger partial charge in [0.1, 0.15) is 37.1 Å². The van der Waals surface area contributed by atoms with E-state index in [-0.39, 0.29) is 13.2 Å². The summed E-state index contributed by atoms with van der Waals surface area (Å²) >= 11 is 0. The van der Waals surface area contributed by atoms with Crippen molar-refractivity contribution in [2.24, 2.45) is 0 Å². The van der Waals surface area contributed by atoms with Gasteiger partial charge in [-0.1, -0.05) is 0 Å². The molecule has 1 aliphatic rings. The molecule has 0 amide bonds. The lowest BCUT2D eigenvalue weighted by atomic mass is 9.99. The molecule has 11 nitrogen and oxygen atoms in total. The predicted octanol–water partition coefficient (Wildman–Crippen LogP) is -3.34. The molecule has 1 saturated heterocycles. The summed E-state index contributed by atoms with van der Waals surface area (Å²) in [5.74, 6) is -1.85. The molecule has 0 aromatic heterocycles. The monoisotopic (exact) mass is 368 g/mol. The molecule has 146 valence electrons. The Morgan fingerprint density at radius 2 is 1.72 bits per heavy atom. The first-order valence-electron chi connectivity index (χ1n) is 7.66. The molecule has 1 rings (SSSR count). The maximum atomic E-state index is 11.6. The van der Waals surface area contributed by atoms with Gasteiger partial charge in [-0.15, -0.1) is 0 Å². The Morgan fingerprint density at radius 1 is 1.08 bits per heavy atom. The standard InChI is InChI=1S/C14H24O11/c1-6(16)12(19)24-7(2)13(20)23-4-3-22-11-9(17)8(5-15)25-14(21)10(11)18/h6-11,14-18,21H,3-5H2,1-2H3/t6?,7?,8?,9-,10?,11?,14-/m1/s1. The van der Waals surface area contributed by atoms with E-state index in [0.717, 1.165) is 0 Å². The minimum Gasteiger partial charge on any atom is -0.461 e. The van der Waals surface area contributed by atoms with Crippen molar-refractivity contribution < 1.29 is 54.1 Å². The normalized spacial score (nSPS) is 31.9. The van der Waals surface area contributed by atoms with Crippen LogP contribution in [0.25, 0.3) is 0 Å². The molecule has 0 bridgehead atoms. The van der Waals surface area contributed by atoms with Gasteiger partial charge in [-0.2, -0.15) is 0 Å². The van der Waals surface area contributed by atoms with Gasteiger partial charge in [-0.05, 0) is 13.8 Å². The molecule has 0 aromatic carbocycles. The van der Waals surface area contributed by atoms with Crippen molar-refractivity contribution >= 4 is 11.9 Å². The fraction of sp³-hybridized carbons (Fsp3) is 0.857. The van der Waals surface area contributed by atoms with Crippen molar-refractivity contribution in [3.63, 3.8) is 0 Å². The Hall–Kier alpha value is -1.34. The van der Waals surface area contributed by atoms with Crippen LogP contribution < -0.4 is 0 Å². The van der Waals surface area contributed by atoms with Crippen LogP contribution >= 0.6 is 0 Å². The van der Waals surface area contributed by atoms with Crippen molar-refractivity contribution in [3.8, 4) is 0 Å². The van der Waals surface area contributed by atoms with Gasteiger partial charge in [0.15, 0.2) is 12.4 Å². The molecule has 0 aliphatic carbocycles. The molecule has 5 unspecified atom stereocenters. The van der Waals surface area contributed by atoms with E-state index in [1.165, 1.54) is 13.8 Å². The lowest BCUT2D eigenvalue weighted by Gasteiger charge is -2.39. The summed E-state index contributed by atoms with van der Waals surface area (Å²) in [6.45, 7) is 1.33. The molecule has 25 heavy (non-hydrogen) atoms.